The number of ether oxygens (including phenoxy) is 1. The molecule has 3 nitrogen and oxygen atoms in total. The van der Waals surface area contributed by atoms with Crippen molar-refractivity contribution < 1.29 is 9.84 Å². The molecule has 1 aromatic carbocycles. The minimum Gasteiger partial charge on any atom is -0.507 e. The Labute approximate surface area is 96.4 Å². The number of anilines is 1. The Balaban J connectivity index is 2.11. The largest absolute Gasteiger partial charge is 0.507 e. The van der Waals surface area contributed by atoms with Crippen LogP contribution in [0.2, 0.25) is 0 Å². The summed E-state index contributed by atoms with van der Waals surface area (Å²) in [5.41, 5.74) is 2.85. The molecule has 1 fully saturated rings. The Kier molecular flexibility index (Phi) is 3.34. The van der Waals surface area contributed by atoms with Crippen LogP contribution in [0.1, 0.15) is 24.0 Å². The van der Waals surface area contributed by atoms with E-state index in [1.807, 2.05) is 26.0 Å². The molecule has 1 heterocycles. The van der Waals surface area contributed by atoms with Crippen molar-refractivity contribution in [2.75, 3.05) is 18.5 Å². The molecule has 1 saturated heterocycles. The number of benzene rings is 1. The van der Waals surface area contributed by atoms with Crippen LogP contribution < -0.4 is 5.32 Å². The molecule has 0 amide bonds. The van der Waals surface area contributed by atoms with Crippen molar-refractivity contribution >= 4 is 5.69 Å². The highest BCUT2D eigenvalue weighted by Crippen LogP contribution is 2.29. The average molecular weight is 221 g/mol. The van der Waals surface area contributed by atoms with Gasteiger partial charge in [-0.15, -0.1) is 0 Å². The maximum absolute atomic E-state index is 9.85. The Morgan fingerprint density at radius 3 is 2.88 bits per heavy atom. The van der Waals surface area contributed by atoms with Crippen LogP contribution in [0.15, 0.2) is 12.1 Å². The molecule has 0 bridgehead atoms. The third kappa shape index (κ3) is 2.30. The number of hydrogen-bond acceptors (Lipinski definition) is 3. The topological polar surface area (TPSA) is 41.5 Å². The summed E-state index contributed by atoms with van der Waals surface area (Å²) in [6.45, 7) is 5.48. The smallest absolute Gasteiger partial charge is 0.123 e. The van der Waals surface area contributed by atoms with Gasteiger partial charge in [-0.3, -0.25) is 0 Å². The third-order valence-electron chi connectivity index (χ3n) is 3.15. The molecule has 0 spiro atoms. The van der Waals surface area contributed by atoms with Gasteiger partial charge in [-0.05, 0) is 38.3 Å². The highest BCUT2D eigenvalue weighted by Gasteiger charge is 2.15. The molecule has 16 heavy (non-hydrogen) atoms. The number of aryl methyl sites for hydroxylation is 1. The van der Waals surface area contributed by atoms with E-state index < -0.39 is 0 Å². The van der Waals surface area contributed by atoms with E-state index in [1.165, 1.54) is 0 Å². The van der Waals surface area contributed by atoms with Gasteiger partial charge < -0.3 is 15.2 Å². The second-order valence-corrected chi connectivity index (χ2v) is 4.46. The van der Waals surface area contributed by atoms with Gasteiger partial charge in [0.25, 0.3) is 0 Å². The molecule has 2 N–H and O–H groups in total. The van der Waals surface area contributed by atoms with Crippen LogP contribution in [-0.4, -0.2) is 24.4 Å². The van der Waals surface area contributed by atoms with Gasteiger partial charge in [0.1, 0.15) is 5.75 Å². The van der Waals surface area contributed by atoms with Crippen molar-refractivity contribution in [1.29, 1.82) is 0 Å². The monoisotopic (exact) mass is 221 g/mol. The molecule has 1 aromatic rings. The first-order valence-electron chi connectivity index (χ1n) is 5.82. The van der Waals surface area contributed by atoms with Gasteiger partial charge in [-0.2, -0.15) is 0 Å². The van der Waals surface area contributed by atoms with E-state index in [0.29, 0.717) is 11.8 Å². The standard InChI is InChI=1S/C13H19NO2/c1-9-5-6-12(10(2)13(9)15)14-11-4-3-7-16-8-11/h5-6,11,14-15H,3-4,7-8H2,1-2H3. The summed E-state index contributed by atoms with van der Waals surface area (Å²) in [4.78, 5) is 0. The molecular weight excluding hydrogens is 202 g/mol. The third-order valence-corrected chi connectivity index (χ3v) is 3.15. The number of phenols is 1. The van der Waals surface area contributed by atoms with Gasteiger partial charge in [0.2, 0.25) is 0 Å². The van der Waals surface area contributed by atoms with Crippen LogP contribution in [0.3, 0.4) is 0 Å². The second-order valence-electron chi connectivity index (χ2n) is 4.46. The number of hydrogen-bond donors (Lipinski definition) is 2. The number of rotatable bonds is 2. The Hall–Kier alpha value is -1.22. The summed E-state index contributed by atoms with van der Waals surface area (Å²) < 4.78 is 5.42. The normalized spacial score (nSPS) is 20.8. The van der Waals surface area contributed by atoms with Crippen LogP contribution in [-0.2, 0) is 4.74 Å². The molecule has 3 heteroatoms. The molecule has 0 aliphatic carbocycles. The Morgan fingerprint density at radius 1 is 1.38 bits per heavy atom. The first-order chi connectivity index (χ1) is 7.68. The van der Waals surface area contributed by atoms with Crippen LogP contribution >= 0.6 is 0 Å². The first kappa shape index (κ1) is 11.3. The van der Waals surface area contributed by atoms with Gasteiger partial charge in [-0.1, -0.05) is 6.07 Å². The maximum Gasteiger partial charge on any atom is 0.123 e. The van der Waals surface area contributed by atoms with Crippen molar-refractivity contribution in [3.63, 3.8) is 0 Å². The number of phenolic OH excluding ortho intramolecular Hbond substituents is 1. The minimum absolute atomic E-state index is 0.370. The van der Waals surface area contributed by atoms with E-state index in [1.54, 1.807) is 0 Å². The Morgan fingerprint density at radius 2 is 2.19 bits per heavy atom. The fraction of sp³-hybridized carbons (Fsp3) is 0.538. The van der Waals surface area contributed by atoms with Crippen LogP contribution in [0.25, 0.3) is 0 Å². The van der Waals surface area contributed by atoms with E-state index in [2.05, 4.69) is 5.32 Å². The zero-order chi connectivity index (χ0) is 11.5. The molecule has 0 saturated carbocycles. The lowest BCUT2D eigenvalue weighted by atomic mass is 10.1. The number of aromatic hydroxyl groups is 1. The molecule has 1 aliphatic heterocycles. The SMILES string of the molecule is Cc1ccc(NC2CCCOC2)c(C)c1O. The highest BCUT2D eigenvalue weighted by atomic mass is 16.5. The van der Waals surface area contributed by atoms with E-state index in [4.69, 9.17) is 4.74 Å². The molecule has 88 valence electrons. The maximum atomic E-state index is 9.85. The van der Waals surface area contributed by atoms with E-state index in [0.717, 1.165) is 42.9 Å². The molecule has 0 radical (unpaired) electrons. The van der Waals surface area contributed by atoms with Crippen LogP contribution in [0.5, 0.6) is 5.75 Å². The van der Waals surface area contributed by atoms with Gasteiger partial charge in [0.15, 0.2) is 0 Å². The second kappa shape index (κ2) is 4.74. The lowest BCUT2D eigenvalue weighted by Crippen LogP contribution is -2.30. The molecule has 2 rings (SSSR count). The lowest BCUT2D eigenvalue weighted by molar-refractivity contribution is 0.0876. The summed E-state index contributed by atoms with van der Waals surface area (Å²) in [5.74, 6) is 0.390. The summed E-state index contributed by atoms with van der Waals surface area (Å²) in [5, 5.41) is 13.3. The van der Waals surface area contributed by atoms with Crippen LogP contribution in [0.4, 0.5) is 5.69 Å². The molecule has 1 aliphatic rings. The summed E-state index contributed by atoms with van der Waals surface area (Å²) >= 11 is 0. The predicted molar refractivity (Wildman–Crippen MR) is 65.0 cm³/mol. The zero-order valence-electron chi connectivity index (χ0n) is 9.92. The summed E-state index contributed by atoms with van der Waals surface area (Å²) in [6, 6.07) is 4.34. The van der Waals surface area contributed by atoms with Crippen molar-refractivity contribution in [2.45, 2.75) is 32.7 Å². The van der Waals surface area contributed by atoms with Crippen molar-refractivity contribution in [1.82, 2.24) is 0 Å². The van der Waals surface area contributed by atoms with Gasteiger partial charge in [0.05, 0.1) is 6.61 Å². The number of nitrogens with one attached hydrogen (secondary N) is 1. The highest BCUT2D eigenvalue weighted by molar-refractivity contribution is 5.59. The minimum atomic E-state index is 0.370. The fourth-order valence-corrected chi connectivity index (χ4v) is 2.07. The van der Waals surface area contributed by atoms with Crippen molar-refractivity contribution in [3.8, 4) is 5.75 Å². The quantitative estimate of drug-likeness (QED) is 0.806. The average Bonchev–Trinajstić information content (AvgIpc) is 2.31. The van der Waals surface area contributed by atoms with Gasteiger partial charge >= 0.3 is 0 Å². The summed E-state index contributed by atoms with van der Waals surface area (Å²) in [7, 11) is 0. The predicted octanol–water partition coefficient (Wildman–Crippen LogP) is 2.60. The fourth-order valence-electron chi connectivity index (χ4n) is 2.07. The molecule has 1 atom stereocenters. The van der Waals surface area contributed by atoms with Crippen LogP contribution in [0, 0.1) is 13.8 Å². The molecule has 0 aromatic heterocycles. The lowest BCUT2D eigenvalue weighted by Gasteiger charge is -2.25. The summed E-state index contributed by atoms with van der Waals surface area (Å²) in [6.07, 6.45) is 2.24. The van der Waals surface area contributed by atoms with E-state index in [-0.39, 0.29) is 0 Å². The first-order valence-corrected chi connectivity index (χ1v) is 5.82. The molecule has 1 unspecified atom stereocenters. The van der Waals surface area contributed by atoms with E-state index >= 15 is 0 Å². The molecular formula is C13H19NO2. The Bertz CT molecular complexity index is 370. The van der Waals surface area contributed by atoms with Gasteiger partial charge in [-0.25, -0.2) is 0 Å². The van der Waals surface area contributed by atoms with Crippen molar-refractivity contribution in [3.05, 3.63) is 23.3 Å². The zero-order valence-corrected chi connectivity index (χ0v) is 9.92. The van der Waals surface area contributed by atoms with Gasteiger partial charge in [0, 0.05) is 23.9 Å². The van der Waals surface area contributed by atoms with E-state index in [9.17, 15) is 5.11 Å². The van der Waals surface area contributed by atoms with Crippen molar-refractivity contribution in [2.24, 2.45) is 0 Å².